The van der Waals surface area contributed by atoms with Crippen molar-refractivity contribution in [2.75, 3.05) is 13.2 Å². The molecule has 79 heavy (non-hydrogen) atoms. The van der Waals surface area contributed by atoms with Crippen LogP contribution in [0.2, 0.25) is 0 Å². The molecule has 0 aromatic carbocycles. The van der Waals surface area contributed by atoms with Gasteiger partial charge in [0.1, 0.15) is 13.2 Å². The van der Waals surface area contributed by atoms with Crippen LogP contribution in [-0.2, 0) is 28.6 Å². The lowest BCUT2D eigenvalue weighted by molar-refractivity contribution is -0.167. The molecule has 0 aliphatic carbocycles. The van der Waals surface area contributed by atoms with E-state index >= 15 is 0 Å². The predicted octanol–water partition coefficient (Wildman–Crippen LogP) is 23.7. The third-order valence-corrected chi connectivity index (χ3v) is 15.2. The van der Waals surface area contributed by atoms with Gasteiger partial charge in [0, 0.05) is 19.3 Å². The van der Waals surface area contributed by atoms with E-state index < -0.39 is 6.10 Å². The van der Waals surface area contributed by atoms with Gasteiger partial charge in [-0.2, -0.15) is 0 Å². The average Bonchev–Trinajstić information content (AvgIpc) is 3.45. The molecular weight excluding hydrogens is 973 g/mol. The van der Waals surface area contributed by atoms with Gasteiger partial charge in [-0.15, -0.1) is 0 Å². The first-order chi connectivity index (χ1) is 39.0. The molecule has 0 aromatic heterocycles. The number of rotatable bonds is 63. The van der Waals surface area contributed by atoms with Crippen molar-refractivity contribution in [2.24, 2.45) is 0 Å². The molecule has 1 atom stereocenters. The van der Waals surface area contributed by atoms with Crippen molar-refractivity contribution >= 4 is 17.9 Å². The summed E-state index contributed by atoms with van der Waals surface area (Å²) in [4.78, 5) is 38.4. The summed E-state index contributed by atoms with van der Waals surface area (Å²) in [7, 11) is 0. The fourth-order valence-corrected chi connectivity index (χ4v) is 10.0. The molecule has 0 saturated carbocycles. The summed E-state index contributed by atoms with van der Waals surface area (Å²) in [5, 5.41) is 0. The minimum absolute atomic E-state index is 0.0770. The van der Waals surface area contributed by atoms with Gasteiger partial charge >= 0.3 is 17.9 Å². The van der Waals surface area contributed by atoms with E-state index in [1.165, 1.54) is 225 Å². The summed E-state index contributed by atoms with van der Waals surface area (Å²) in [6, 6.07) is 0. The molecule has 0 aromatic rings. The van der Waals surface area contributed by atoms with Crippen molar-refractivity contribution in [3.8, 4) is 0 Å². The smallest absolute Gasteiger partial charge is 0.306 e. The van der Waals surface area contributed by atoms with E-state index in [1.54, 1.807) is 0 Å². The van der Waals surface area contributed by atoms with Crippen LogP contribution in [0.15, 0.2) is 72.9 Å². The zero-order chi connectivity index (χ0) is 57.1. The Balaban J connectivity index is 4.30. The van der Waals surface area contributed by atoms with Crippen molar-refractivity contribution < 1.29 is 28.6 Å². The molecule has 0 fully saturated rings. The molecule has 0 radical (unpaired) electrons. The molecule has 0 spiro atoms. The van der Waals surface area contributed by atoms with E-state index in [0.29, 0.717) is 19.3 Å². The van der Waals surface area contributed by atoms with Gasteiger partial charge < -0.3 is 14.2 Å². The molecular formula is C73H130O6. The molecule has 0 bridgehead atoms. The van der Waals surface area contributed by atoms with E-state index in [4.69, 9.17) is 14.2 Å². The summed E-state index contributed by atoms with van der Waals surface area (Å²) in [5.41, 5.74) is 0. The highest BCUT2D eigenvalue weighted by molar-refractivity contribution is 5.71. The molecule has 6 nitrogen and oxygen atoms in total. The second-order valence-corrected chi connectivity index (χ2v) is 23.1. The number of esters is 3. The van der Waals surface area contributed by atoms with Gasteiger partial charge in [0.05, 0.1) is 0 Å². The van der Waals surface area contributed by atoms with E-state index in [2.05, 4.69) is 93.7 Å². The van der Waals surface area contributed by atoms with Crippen molar-refractivity contribution in [3.05, 3.63) is 72.9 Å². The van der Waals surface area contributed by atoms with Crippen LogP contribution in [0.4, 0.5) is 0 Å². The van der Waals surface area contributed by atoms with Crippen LogP contribution in [0.25, 0.3) is 0 Å². The van der Waals surface area contributed by atoms with Gasteiger partial charge in [0.25, 0.3) is 0 Å². The summed E-state index contributed by atoms with van der Waals surface area (Å²) in [6.07, 6.45) is 87.7. The second-order valence-electron chi connectivity index (χ2n) is 23.1. The number of hydrogen-bond donors (Lipinski definition) is 0. The molecule has 0 aliphatic rings. The third kappa shape index (κ3) is 65.5. The quantitative estimate of drug-likeness (QED) is 0.0261. The topological polar surface area (TPSA) is 78.9 Å². The Bertz CT molecular complexity index is 1450. The summed E-state index contributed by atoms with van der Waals surface area (Å²) < 4.78 is 17.0. The molecule has 0 N–H and O–H groups in total. The maximum Gasteiger partial charge on any atom is 0.306 e. The van der Waals surface area contributed by atoms with E-state index in [0.717, 1.165) is 89.9 Å². The Labute approximate surface area is 491 Å². The summed E-state index contributed by atoms with van der Waals surface area (Å²) in [5.74, 6) is -0.871. The highest BCUT2D eigenvalue weighted by Gasteiger charge is 2.19. The van der Waals surface area contributed by atoms with E-state index in [9.17, 15) is 14.4 Å². The summed E-state index contributed by atoms with van der Waals surface area (Å²) in [6.45, 7) is 6.56. The highest BCUT2D eigenvalue weighted by Crippen LogP contribution is 2.17. The van der Waals surface area contributed by atoms with Gasteiger partial charge in [-0.05, 0) is 109 Å². The van der Waals surface area contributed by atoms with E-state index in [1.807, 2.05) is 0 Å². The molecule has 6 heteroatoms. The molecule has 0 amide bonds. The SMILES string of the molecule is CC/C=C\C/C=C\C/C=C\C/C=C\CCCCCCCCCCCCCCCCC(=O)OCC(COC(=O)CCCCCCC/C=C\CCCCCCCCC)OC(=O)CCCCCCCCC/C=C\CCCCCCCCC. The lowest BCUT2D eigenvalue weighted by Crippen LogP contribution is -2.30. The van der Waals surface area contributed by atoms with Gasteiger partial charge in [-0.1, -0.05) is 299 Å². The van der Waals surface area contributed by atoms with E-state index in [-0.39, 0.29) is 31.1 Å². The van der Waals surface area contributed by atoms with Crippen molar-refractivity contribution in [2.45, 2.75) is 361 Å². The Morgan fingerprint density at radius 1 is 0.266 bits per heavy atom. The van der Waals surface area contributed by atoms with Crippen LogP contribution in [0.3, 0.4) is 0 Å². The zero-order valence-corrected chi connectivity index (χ0v) is 52.6. The van der Waals surface area contributed by atoms with Gasteiger partial charge in [-0.25, -0.2) is 0 Å². The molecule has 0 aliphatic heterocycles. The zero-order valence-electron chi connectivity index (χ0n) is 52.6. The first-order valence-electron chi connectivity index (χ1n) is 34.4. The number of ether oxygens (including phenoxy) is 3. The number of allylic oxidation sites excluding steroid dienone is 12. The predicted molar refractivity (Wildman–Crippen MR) is 344 cm³/mol. The van der Waals surface area contributed by atoms with Gasteiger partial charge in [-0.3, -0.25) is 14.4 Å². The molecule has 0 rings (SSSR count). The molecule has 458 valence electrons. The lowest BCUT2D eigenvalue weighted by Gasteiger charge is -2.18. The molecule has 0 saturated heterocycles. The normalized spacial score (nSPS) is 12.5. The number of carbonyl (C=O) groups excluding carboxylic acids is 3. The number of hydrogen-bond acceptors (Lipinski definition) is 6. The standard InChI is InChI=1S/C73H130O6/c1-4-7-10-13-16-19-22-25-28-31-33-34-35-36-37-38-39-40-41-43-45-48-51-54-57-60-63-66-72(75)78-69-70(68-77-71(74)65-62-59-56-53-50-47-44-30-27-24-21-18-15-12-9-6-3)79-73(76)67-64-61-58-55-52-49-46-42-32-29-26-23-20-17-14-11-8-5-2/h7,10,16,19,25,28-30,32-34,44,70H,4-6,8-9,11-15,17-18,20-24,26-27,31,35-43,45-69H2,1-3H3/b10-7-,19-16-,28-25-,32-29-,34-33-,44-30-. The monoisotopic (exact) mass is 1100 g/mol. The van der Waals surface area contributed by atoms with Crippen LogP contribution in [0, 0.1) is 0 Å². The maximum atomic E-state index is 12.9. The lowest BCUT2D eigenvalue weighted by atomic mass is 10.0. The van der Waals surface area contributed by atoms with Crippen LogP contribution in [0.5, 0.6) is 0 Å². The van der Waals surface area contributed by atoms with Gasteiger partial charge in [0.15, 0.2) is 6.10 Å². The third-order valence-electron chi connectivity index (χ3n) is 15.2. The minimum Gasteiger partial charge on any atom is -0.462 e. The number of carbonyl (C=O) groups is 3. The Hall–Kier alpha value is -3.15. The number of unbranched alkanes of at least 4 members (excludes halogenated alkanes) is 40. The Kier molecular flexibility index (Phi) is 64.7. The van der Waals surface area contributed by atoms with Crippen LogP contribution >= 0.6 is 0 Å². The summed E-state index contributed by atoms with van der Waals surface area (Å²) >= 11 is 0. The van der Waals surface area contributed by atoms with Crippen LogP contribution in [0.1, 0.15) is 355 Å². The first-order valence-corrected chi connectivity index (χ1v) is 34.4. The first kappa shape index (κ1) is 75.8. The highest BCUT2D eigenvalue weighted by atomic mass is 16.6. The molecule has 1 unspecified atom stereocenters. The van der Waals surface area contributed by atoms with Crippen molar-refractivity contribution in [3.63, 3.8) is 0 Å². The fraction of sp³-hybridized carbons (Fsp3) is 0.795. The van der Waals surface area contributed by atoms with Crippen LogP contribution < -0.4 is 0 Å². The van der Waals surface area contributed by atoms with Gasteiger partial charge in [0.2, 0.25) is 0 Å². The van der Waals surface area contributed by atoms with Crippen molar-refractivity contribution in [1.29, 1.82) is 0 Å². The molecule has 0 heterocycles. The largest absolute Gasteiger partial charge is 0.462 e. The Morgan fingerprint density at radius 3 is 0.785 bits per heavy atom. The minimum atomic E-state index is -0.782. The fourth-order valence-electron chi connectivity index (χ4n) is 10.0. The van der Waals surface area contributed by atoms with Crippen molar-refractivity contribution in [1.82, 2.24) is 0 Å². The average molecular weight is 1100 g/mol. The maximum absolute atomic E-state index is 12.9. The van der Waals surface area contributed by atoms with Crippen LogP contribution in [-0.4, -0.2) is 37.2 Å². The second kappa shape index (κ2) is 67.4. The Morgan fingerprint density at radius 2 is 0.494 bits per heavy atom.